The summed E-state index contributed by atoms with van der Waals surface area (Å²) in [5.74, 6) is -0.269. The van der Waals surface area contributed by atoms with Gasteiger partial charge in [-0.3, -0.25) is 4.79 Å². The Labute approximate surface area is 162 Å². The third-order valence-corrected chi connectivity index (χ3v) is 5.31. The van der Waals surface area contributed by atoms with E-state index in [1.807, 2.05) is 30.3 Å². The van der Waals surface area contributed by atoms with Crippen LogP contribution in [0, 0.1) is 0 Å². The Balaban J connectivity index is 1.79. The molecule has 0 fully saturated rings. The second kappa shape index (κ2) is 8.63. The van der Waals surface area contributed by atoms with Gasteiger partial charge in [0.05, 0.1) is 29.9 Å². The zero-order valence-corrected chi connectivity index (χ0v) is 15.6. The van der Waals surface area contributed by atoms with Crippen molar-refractivity contribution >= 4 is 15.9 Å². The van der Waals surface area contributed by atoms with Gasteiger partial charge in [0.1, 0.15) is 5.75 Å². The number of nitrogens with zero attached hydrogens (tertiary/aromatic N) is 3. The molecule has 9 nitrogen and oxygen atoms in total. The SMILES string of the molecule is NC(=O)COc1ccc(S(=O)(=O)NC(Cn2nccn2)c2ccccc2)cc1. The van der Waals surface area contributed by atoms with Crippen molar-refractivity contribution < 1.29 is 17.9 Å². The maximum atomic E-state index is 12.8. The molecule has 146 valence electrons. The standard InChI is InChI=1S/C18H19N5O4S/c19-18(24)13-27-15-6-8-16(9-7-15)28(25,26)22-17(12-23-20-10-11-21-23)14-4-2-1-3-5-14/h1-11,17,22H,12-13H2,(H2,19,24). The largest absolute Gasteiger partial charge is 0.484 e. The number of nitrogens with one attached hydrogen (secondary N) is 1. The van der Waals surface area contributed by atoms with Gasteiger partial charge in [-0.1, -0.05) is 30.3 Å². The fourth-order valence-electron chi connectivity index (χ4n) is 2.52. The van der Waals surface area contributed by atoms with Crippen LogP contribution in [0.4, 0.5) is 0 Å². The van der Waals surface area contributed by atoms with Gasteiger partial charge >= 0.3 is 0 Å². The Morgan fingerprint density at radius 1 is 1.07 bits per heavy atom. The summed E-state index contributed by atoms with van der Waals surface area (Å²) in [4.78, 5) is 12.2. The predicted molar refractivity (Wildman–Crippen MR) is 101 cm³/mol. The molecule has 0 aliphatic carbocycles. The number of nitrogens with two attached hydrogens (primary N) is 1. The number of aromatic nitrogens is 3. The summed E-state index contributed by atoms with van der Waals surface area (Å²) in [5.41, 5.74) is 5.81. The molecule has 1 heterocycles. The van der Waals surface area contributed by atoms with Gasteiger partial charge in [0, 0.05) is 0 Å². The minimum absolute atomic E-state index is 0.0632. The zero-order valence-electron chi connectivity index (χ0n) is 14.8. The summed E-state index contributed by atoms with van der Waals surface area (Å²) in [7, 11) is -3.82. The number of sulfonamides is 1. The Hall–Kier alpha value is -3.24. The van der Waals surface area contributed by atoms with E-state index in [-0.39, 0.29) is 18.0 Å². The summed E-state index contributed by atoms with van der Waals surface area (Å²) in [5, 5.41) is 8.09. The van der Waals surface area contributed by atoms with Crippen molar-refractivity contribution in [2.24, 2.45) is 5.73 Å². The van der Waals surface area contributed by atoms with Gasteiger partial charge < -0.3 is 10.5 Å². The number of ether oxygens (including phenoxy) is 1. The van der Waals surface area contributed by atoms with Crippen LogP contribution in [-0.4, -0.2) is 35.9 Å². The third kappa shape index (κ3) is 5.15. The van der Waals surface area contributed by atoms with Crippen LogP contribution in [0.25, 0.3) is 0 Å². The Morgan fingerprint density at radius 2 is 1.71 bits per heavy atom. The highest BCUT2D eigenvalue weighted by Gasteiger charge is 2.22. The normalized spacial score (nSPS) is 12.4. The fraction of sp³-hybridized carbons (Fsp3) is 0.167. The molecule has 3 rings (SSSR count). The van der Waals surface area contributed by atoms with E-state index in [1.165, 1.54) is 41.5 Å². The Kier molecular flexibility index (Phi) is 6.02. The fourth-order valence-corrected chi connectivity index (χ4v) is 3.74. The molecule has 0 aliphatic rings. The van der Waals surface area contributed by atoms with Crippen LogP contribution >= 0.6 is 0 Å². The van der Waals surface area contributed by atoms with E-state index in [4.69, 9.17) is 10.5 Å². The summed E-state index contributed by atoms with van der Waals surface area (Å²) in [6.45, 7) is -0.0483. The molecule has 0 bridgehead atoms. The average molecular weight is 401 g/mol. The maximum absolute atomic E-state index is 12.8. The van der Waals surface area contributed by atoms with Crippen molar-refractivity contribution in [3.8, 4) is 5.75 Å². The van der Waals surface area contributed by atoms with E-state index >= 15 is 0 Å². The van der Waals surface area contributed by atoms with Crippen LogP contribution in [0.15, 0.2) is 71.9 Å². The molecule has 0 saturated heterocycles. The van der Waals surface area contributed by atoms with Crippen LogP contribution in [0.5, 0.6) is 5.75 Å². The first kappa shape index (κ1) is 19.5. The number of hydrogen-bond donors (Lipinski definition) is 2. The van der Waals surface area contributed by atoms with E-state index in [0.29, 0.717) is 5.75 Å². The molecule has 10 heteroatoms. The summed E-state index contributed by atoms with van der Waals surface area (Å²) in [6.07, 6.45) is 3.06. The molecule has 3 N–H and O–H groups in total. The van der Waals surface area contributed by atoms with Crippen molar-refractivity contribution in [1.82, 2.24) is 19.7 Å². The van der Waals surface area contributed by atoms with Crippen molar-refractivity contribution in [3.63, 3.8) is 0 Å². The van der Waals surface area contributed by atoms with E-state index in [0.717, 1.165) is 5.56 Å². The molecular weight excluding hydrogens is 382 g/mol. The summed E-state index contributed by atoms with van der Waals surface area (Å²) >= 11 is 0. The second-order valence-electron chi connectivity index (χ2n) is 5.89. The summed E-state index contributed by atoms with van der Waals surface area (Å²) in [6, 6.07) is 14.3. The molecule has 1 atom stereocenters. The lowest BCUT2D eigenvalue weighted by Crippen LogP contribution is -2.32. The number of carbonyl (C=O) groups is 1. The summed E-state index contributed by atoms with van der Waals surface area (Å²) < 4.78 is 33.5. The number of hydrogen-bond acceptors (Lipinski definition) is 6. The van der Waals surface area contributed by atoms with E-state index in [2.05, 4.69) is 14.9 Å². The molecule has 28 heavy (non-hydrogen) atoms. The van der Waals surface area contributed by atoms with Crippen LogP contribution in [-0.2, 0) is 21.4 Å². The van der Waals surface area contributed by atoms with Crippen molar-refractivity contribution in [2.75, 3.05) is 6.61 Å². The molecule has 0 aliphatic heterocycles. The second-order valence-corrected chi connectivity index (χ2v) is 7.61. The van der Waals surface area contributed by atoms with Crippen LogP contribution in [0.2, 0.25) is 0 Å². The minimum atomic E-state index is -3.82. The number of benzene rings is 2. The minimum Gasteiger partial charge on any atom is -0.484 e. The van der Waals surface area contributed by atoms with Gasteiger partial charge in [0.2, 0.25) is 10.0 Å². The highest BCUT2D eigenvalue weighted by molar-refractivity contribution is 7.89. The molecule has 0 saturated carbocycles. The van der Waals surface area contributed by atoms with Gasteiger partial charge in [-0.2, -0.15) is 15.0 Å². The lowest BCUT2D eigenvalue weighted by Gasteiger charge is -2.19. The van der Waals surface area contributed by atoms with Gasteiger partial charge in [0.25, 0.3) is 5.91 Å². The number of rotatable bonds is 9. The van der Waals surface area contributed by atoms with E-state index < -0.39 is 22.0 Å². The van der Waals surface area contributed by atoms with Crippen molar-refractivity contribution in [2.45, 2.75) is 17.5 Å². The molecule has 3 aromatic rings. The van der Waals surface area contributed by atoms with Crippen LogP contribution in [0.3, 0.4) is 0 Å². The Morgan fingerprint density at radius 3 is 2.32 bits per heavy atom. The van der Waals surface area contributed by atoms with E-state index in [9.17, 15) is 13.2 Å². The first-order valence-corrected chi connectivity index (χ1v) is 9.85. The molecule has 1 amide bonds. The van der Waals surface area contributed by atoms with Gasteiger partial charge in [-0.25, -0.2) is 13.1 Å². The molecule has 0 radical (unpaired) electrons. The van der Waals surface area contributed by atoms with Crippen LogP contribution in [0.1, 0.15) is 11.6 Å². The number of primary amides is 1. The lowest BCUT2D eigenvalue weighted by atomic mass is 10.1. The van der Waals surface area contributed by atoms with E-state index in [1.54, 1.807) is 0 Å². The van der Waals surface area contributed by atoms with Crippen molar-refractivity contribution in [1.29, 1.82) is 0 Å². The first-order chi connectivity index (χ1) is 13.4. The number of carbonyl (C=O) groups excluding carboxylic acids is 1. The smallest absolute Gasteiger partial charge is 0.255 e. The predicted octanol–water partition coefficient (Wildman–Crippen LogP) is 0.862. The molecule has 1 unspecified atom stereocenters. The molecule has 2 aromatic carbocycles. The van der Waals surface area contributed by atoms with Gasteiger partial charge in [-0.15, -0.1) is 0 Å². The molecule has 1 aromatic heterocycles. The van der Waals surface area contributed by atoms with Crippen LogP contribution < -0.4 is 15.2 Å². The number of amides is 1. The lowest BCUT2D eigenvalue weighted by molar-refractivity contribution is -0.119. The third-order valence-electron chi connectivity index (χ3n) is 3.83. The zero-order chi connectivity index (χ0) is 20.0. The maximum Gasteiger partial charge on any atom is 0.255 e. The van der Waals surface area contributed by atoms with Gasteiger partial charge in [-0.05, 0) is 29.8 Å². The monoisotopic (exact) mass is 401 g/mol. The molecule has 0 spiro atoms. The Bertz CT molecular complexity index is 1010. The topological polar surface area (TPSA) is 129 Å². The molecular formula is C18H19N5O4S. The first-order valence-electron chi connectivity index (χ1n) is 8.36. The average Bonchev–Trinajstić information content (AvgIpc) is 3.20. The van der Waals surface area contributed by atoms with Gasteiger partial charge in [0.15, 0.2) is 6.61 Å². The quantitative estimate of drug-likeness (QED) is 0.547. The van der Waals surface area contributed by atoms with Crippen molar-refractivity contribution in [3.05, 3.63) is 72.6 Å². The highest BCUT2D eigenvalue weighted by atomic mass is 32.2. The highest BCUT2D eigenvalue weighted by Crippen LogP contribution is 2.20.